The van der Waals surface area contributed by atoms with Gasteiger partial charge in [-0.25, -0.2) is 8.42 Å². The normalized spacial score (nSPS) is 12.3. The summed E-state index contributed by atoms with van der Waals surface area (Å²) in [5, 5.41) is 3.49. The van der Waals surface area contributed by atoms with Gasteiger partial charge < -0.3 is 5.32 Å². The molecular weight excluding hydrogens is 408 g/mol. The van der Waals surface area contributed by atoms with Crippen LogP contribution in [-0.4, -0.2) is 31.6 Å². The predicted molar refractivity (Wildman–Crippen MR) is 111 cm³/mol. The van der Waals surface area contributed by atoms with Crippen molar-refractivity contribution in [2.75, 3.05) is 6.54 Å². The summed E-state index contributed by atoms with van der Waals surface area (Å²) < 4.78 is 26.3. The maximum atomic E-state index is 13.1. The Morgan fingerprint density at radius 1 is 1.00 bits per heavy atom. The predicted octanol–water partition coefficient (Wildman–Crippen LogP) is 3.44. The highest BCUT2D eigenvalue weighted by Crippen LogP contribution is 2.28. The van der Waals surface area contributed by atoms with Crippen molar-refractivity contribution in [1.29, 1.82) is 0 Å². The van der Waals surface area contributed by atoms with E-state index in [2.05, 4.69) is 10.3 Å². The van der Waals surface area contributed by atoms with E-state index in [1.54, 1.807) is 54.0 Å². The van der Waals surface area contributed by atoms with Crippen molar-refractivity contribution in [2.45, 2.75) is 23.0 Å². The Bertz CT molecular complexity index is 1050. The minimum Gasteiger partial charge on any atom is -0.354 e. The van der Waals surface area contributed by atoms with Gasteiger partial charge in [-0.15, -0.1) is 11.3 Å². The Morgan fingerprint density at radius 2 is 1.79 bits per heavy atom. The zero-order valence-electron chi connectivity index (χ0n) is 15.5. The first-order chi connectivity index (χ1) is 14.0. The second kappa shape index (κ2) is 9.58. The lowest BCUT2D eigenvalue weighted by Gasteiger charge is -2.18. The van der Waals surface area contributed by atoms with Crippen molar-refractivity contribution in [3.05, 3.63) is 82.8 Å². The van der Waals surface area contributed by atoms with E-state index in [1.165, 1.54) is 29.7 Å². The molecule has 0 aliphatic heterocycles. The molecule has 0 spiro atoms. The second-order valence-corrected chi connectivity index (χ2v) is 9.42. The van der Waals surface area contributed by atoms with Gasteiger partial charge in [0.1, 0.15) is 5.25 Å². The number of carbonyl (C=O) groups excluding carboxylic acids is 2. The molecule has 2 aromatic heterocycles. The Balaban J connectivity index is 1.69. The smallest absolute Gasteiger partial charge is 0.220 e. The number of pyridine rings is 1. The SMILES string of the molecule is O=C(CCC(=O)c1cccs1)NC[C@@H](c1cccnc1)S(=O)(=O)c1ccccc1. The van der Waals surface area contributed by atoms with Crippen LogP contribution in [0.15, 0.2) is 77.3 Å². The highest BCUT2D eigenvalue weighted by atomic mass is 32.2. The molecule has 0 unspecified atom stereocenters. The van der Waals surface area contributed by atoms with Crippen LogP contribution in [0.25, 0.3) is 0 Å². The van der Waals surface area contributed by atoms with Crippen LogP contribution in [0, 0.1) is 0 Å². The van der Waals surface area contributed by atoms with Crippen LogP contribution < -0.4 is 5.32 Å². The molecule has 1 amide bonds. The van der Waals surface area contributed by atoms with Gasteiger partial charge in [-0.2, -0.15) is 0 Å². The molecule has 0 fully saturated rings. The number of amides is 1. The standard InChI is InChI=1S/C21H20N2O4S2/c24-18(19-9-5-13-28-19)10-11-21(25)23-15-20(16-6-4-12-22-14-16)29(26,27)17-7-2-1-3-8-17/h1-9,12-14,20H,10-11,15H2,(H,23,25)/t20-/m0/s1. The van der Waals surface area contributed by atoms with Crippen LogP contribution in [0.2, 0.25) is 0 Å². The van der Waals surface area contributed by atoms with E-state index in [9.17, 15) is 18.0 Å². The highest BCUT2D eigenvalue weighted by molar-refractivity contribution is 7.91. The van der Waals surface area contributed by atoms with Crippen LogP contribution in [0.3, 0.4) is 0 Å². The van der Waals surface area contributed by atoms with Crippen LogP contribution >= 0.6 is 11.3 Å². The summed E-state index contributed by atoms with van der Waals surface area (Å²) in [4.78, 5) is 29.1. The summed E-state index contributed by atoms with van der Waals surface area (Å²) in [5.74, 6) is -0.470. The number of thiophene rings is 1. The van der Waals surface area contributed by atoms with Gasteiger partial charge in [0.05, 0.1) is 9.77 Å². The van der Waals surface area contributed by atoms with E-state index in [-0.39, 0.29) is 36.0 Å². The summed E-state index contributed by atoms with van der Waals surface area (Å²) in [6.45, 7) is -0.102. The Hall–Kier alpha value is -2.84. The van der Waals surface area contributed by atoms with Crippen molar-refractivity contribution in [3.63, 3.8) is 0 Å². The molecule has 150 valence electrons. The molecule has 3 rings (SSSR count). The minimum absolute atomic E-state index is 0.00186. The Labute approximate surface area is 173 Å². The van der Waals surface area contributed by atoms with Gasteiger partial charge in [0.2, 0.25) is 5.91 Å². The molecule has 0 radical (unpaired) electrons. The molecule has 0 saturated heterocycles. The van der Waals surface area contributed by atoms with Crippen molar-refractivity contribution in [1.82, 2.24) is 10.3 Å². The van der Waals surface area contributed by atoms with Gasteiger partial charge in [0.25, 0.3) is 0 Å². The molecule has 1 atom stereocenters. The monoisotopic (exact) mass is 428 g/mol. The van der Waals surface area contributed by atoms with E-state index in [1.807, 2.05) is 0 Å². The summed E-state index contributed by atoms with van der Waals surface area (Å²) >= 11 is 1.33. The van der Waals surface area contributed by atoms with Gasteiger partial charge in [-0.05, 0) is 35.2 Å². The van der Waals surface area contributed by atoms with Crippen molar-refractivity contribution in [2.24, 2.45) is 0 Å². The topological polar surface area (TPSA) is 93.2 Å². The van der Waals surface area contributed by atoms with Crippen LogP contribution in [0.5, 0.6) is 0 Å². The maximum Gasteiger partial charge on any atom is 0.220 e. The lowest BCUT2D eigenvalue weighted by molar-refractivity contribution is -0.121. The molecule has 0 aliphatic carbocycles. The number of hydrogen-bond acceptors (Lipinski definition) is 6. The van der Waals surface area contributed by atoms with Crippen LogP contribution in [0.4, 0.5) is 0 Å². The van der Waals surface area contributed by atoms with Gasteiger partial charge in [0.15, 0.2) is 15.6 Å². The van der Waals surface area contributed by atoms with Gasteiger partial charge in [0, 0.05) is 31.8 Å². The third-order valence-corrected chi connectivity index (χ3v) is 7.39. The lowest BCUT2D eigenvalue weighted by atomic mass is 10.1. The largest absolute Gasteiger partial charge is 0.354 e. The number of benzene rings is 1. The summed E-state index contributed by atoms with van der Waals surface area (Å²) in [5.41, 5.74) is 0.492. The van der Waals surface area contributed by atoms with E-state index in [0.717, 1.165) is 0 Å². The third-order valence-electron chi connectivity index (χ3n) is 4.36. The molecule has 2 heterocycles. The number of Topliss-reactive ketones (excluding diaryl/α,β-unsaturated/α-hetero) is 1. The molecule has 0 saturated carbocycles. The Morgan fingerprint density at radius 3 is 2.45 bits per heavy atom. The number of aromatic nitrogens is 1. The second-order valence-electron chi connectivity index (χ2n) is 6.34. The number of carbonyl (C=O) groups is 2. The average Bonchev–Trinajstić information content (AvgIpc) is 3.28. The third kappa shape index (κ3) is 5.36. The average molecular weight is 429 g/mol. The summed E-state index contributed by atoms with van der Waals surface area (Å²) in [6.07, 6.45) is 3.12. The van der Waals surface area contributed by atoms with Crippen LogP contribution in [0.1, 0.15) is 33.3 Å². The molecule has 8 heteroatoms. The highest BCUT2D eigenvalue weighted by Gasteiger charge is 2.29. The van der Waals surface area contributed by atoms with Gasteiger partial charge in [-0.1, -0.05) is 30.3 Å². The maximum absolute atomic E-state index is 13.1. The molecule has 1 N–H and O–H groups in total. The quantitative estimate of drug-likeness (QED) is 0.527. The molecular formula is C21H20N2O4S2. The summed E-state index contributed by atoms with van der Waals surface area (Å²) in [6, 6.07) is 14.9. The van der Waals surface area contributed by atoms with E-state index in [0.29, 0.717) is 10.4 Å². The fourth-order valence-corrected chi connectivity index (χ4v) is 5.19. The first-order valence-electron chi connectivity index (χ1n) is 9.01. The zero-order valence-corrected chi connectivity index (χ0v) is 17.2. The minimum atomic E-state index is -3.74. The Kier molecular flexibility index (Phi) is 6.90. The summed E-state index contributed by atoms with van der Waals surface area (Å²) in [7, 11) is -3.74. The molecule has 6 nitrogen and oxygen atoms in total. The number of nitrogens with one attached hydrogen (secondary N) is 1. The molecule has 1 aromatic carbocycles. The van der Waals surface area contributed by atoms with Crippen LogP contribution in [-0.2, 0) is 14.6 Å². The van der Waals surface area contributed by atoms with E-state index < -0.39 is 15.1 Å². The molecule has 29 heavy (non-hydrogen) atoms. The number of rotatable bonds is 9. The van der Waals surface area contributed by atoms with Crippen molar-refractivity contribution < 1.29 is 18.0 Å². The fraction of sp³-hybridized carbons (Fsp3) is 0.190. The van der Waals surface area contributed by atoms with Crippen molar-refractivity contribution >= 4 is 32.9 Å². The van der Waals surface area contributed by atoms with E-state index in [4.69, 9.17) is 0 Å². The molecule has 0 aliphatic rings. The number of ketones is 1. The van der Waals surface area contributed by atoms with Gasteiger partial charge in [-0.3, -0.25) is 14.6 Å². The zero-order chi connectivity index (χ0) is 20.7. The fourth-order valence-electron chi connectivity index (χ4n) is 2.83. The first kappa shape index (κ1) is 20.9. The lowest BCUT2D eigenvalue weighted by Crippen LogP contribution is -2.32. The first-order valence-corrected chi connectivity index (χ1v) is 11.4. The number of nitrogens with zero attached hydrogens (tertiary/aromatic N) is 1. The number of sulfone groups is 1. The van der Waals surface area contributed by atoms with Crippen molar-refractivity contribution in [3.8, 4) is 0 Å². The number of hydrogen-bond donors (Lipinski definition) is 1. The van der Waals surface area contributed by atoms with E-state index >= 15 is 0 Å². The molecule has 0 bridgehead atoms. The molecule has 3 aromatic rings. The van der Waals surface area contributed by atoms with Gasteiger partial charge >= 0.3 is 0 Å².